The summed E-state index contributed by atoms with van der Waals surface area (Å²) in [6.45, 7) is 1.84. The summed E-state index contributed by atoms with van der Waals surface area (Å²) in [5.74, 6) is -0.622. The van der Waals surface area contributed by atoms with E-state index in [1.807, 2.05) is 0 Å². The van der Waals surface area contributed by atoms with Crippen molar-refractivity contribution in [1.82, 2.24) is 15.0 Å². The number of carboxylic acid groups (broad SMARTS) is 1. The van der Waals surface area contributed by atoms with E-state index < -0.39 is 11.5 Å². The lowest BCUT2D eigenvalue weighted by molar-refractivity contribution is -0.136. The predicted molar refractivity (Wildman–Crippen MR) is 84.6 cm³/mol. The van der Waals surface area contributed by atoms with E-state index in [1.54, 1.807) is 26.1 Å². The monoisotopic (exact) mass is 319 g/mol. The summed E-state index contributed by atoms with van der Waals surface area (Å²) in [4.78, 5) is 46.4. The lowest BCUT2D eigenvalue weighted by Crippen LogP contribution is -2.26. The number of aromatic amines is 1. The Morgan fingerprint density at radius 2 is 2.09 bits per heavy atom. The summed E-state index contributed by atoms with van der Waals surface area (Å²) < 4.78 is 0. The average molecular weight is 319 g/mol. The molecule has 0 aromatic carbocycles. The number of hydrogen-bond donors (Lipinski definition) is 3. The molecule has 0 aliphatic rings. The van der Waals surface area contributed by atoms with E-state index in [1.165, 1.54) is 4.90 Å². The molecule has 0 radical (unpaired) electrons. The zero-order valence-electron chi connectivity index (χ0n) is 12.8. The maximum atomic E-state index is 11.9. The first-order valence-corrected chi connectivity index (χ1v) is 7.05. The quantitative estimate of drug-likeness (QED) is 0.710. The fourth-order valence-electron chi connectivity index (χ4n) is 1.92. The number of anilines is 2. The summed E-state index contributed by atoms with van der Waals surface area (Å²) in [5.41, 5.74) is 0.188. The Labute approximate surface area is 131 Å². The Kier molecular flexibility index (Phi) is 4.89. The molecule has 0 aliphatic heterocycles. The number of hydrogen-bond acceptors (Lipinski definition) is 6. The van der Waals surface area contributed by atoms with Crippen molar-refractivity contribution in [3.8, 4) is 0 Å². The Morgan fingerprint density at radius 1 is 1.35 bits per heavy atom. The number of nitrogens with one attached hydrogen (secondary N) is 2. The number of rotatable bonds is 6. The topological polar surface area (TPSA) is 128 Å². The average Bonchev–Trinajstić information content (AvgIpc) is 2.53. The van der Waals surface area contributed by atoms with Gasteiger partial charge in [0.2, 0.25) is 5.91 Å². The number of amides is 1. The van der Waals surface area contributed by atoms with Crippen molar-refractivity contribution in [2.24, 2.45) is 0 Å². The van der Waals surface area contributed by atoms with Crippen molar-refractivity contribution in [1.29, 1.82) is 0 Å². The van der Waals surface area contributed by atoms with Crippen LogP contribution in [0.15, 0.2) is 16.9 Å². The van der Waals surface area contributed by atoms with Crippen LogP contribution in [0.4, 0.5) is 11.6 Å². The van der Waals surface area contributed by atoms with Gasteiger partial charge < -0.3 is 15.4 Å². The zero-order chi connectivity index (χ0) is 17.0. The molecule has 2 rings (SSSR count). The lowest BCUT2D eigenvalue weighted by Gasteiger charge is -2.15. The maximum absolute atomic E-state index is 11.9. The second-order valence-electron chi connectivity index (χ2n) is 4.83. The summed E-state index contributed by atoms with van der Waals surface area (Å²) in [6, 6.07) is 3.26. The van der Waals surface area contributed by atoms with Crippen molar-refractivity contribution in [3.63, 3.8) is 0 Å². The summed E-state index contributed by atoms with van der Waals surface area (Å²) >= 11 is 0. The van der Waals surface area contributed by atoms with Crippen LogP contribution in [0.1, 0.15) is 19.8 Å². The Balaban J connectivity index is 2.30. The molecular weight excluding hydrogens is 302 g/mol. The fourth-order valence-corrected chi connectivity index (χ4v) is 1.92. The number of carbonyl (C=O) groups excluding carboxylic acids is 1. The van der Waals surface area contributed by atoms with Crippen LogP contribution in [-0.2, 0) is 9.59 Å². The molecule has 23 heavy (non-hydrogen) atoms. The molecule has 122 valence electrons. The van der Waals surface area contributed by atoms with E-state index >= 15 is 0 Å². The van der Waals surface area contributed by atoms with Crippen LogP contribution >= 0.6 is 0 Å². The number of pyridine rings is 1. The van der Waals surface area contributed by atoms with Gasteiger partial charge >= 0.3 is 5.97 Å². The highest BCUT2D eigenvalue weighted by Gasteiger charge is 2.12. The zero-order valence-corrected chi connectivity index (χ0v) is 12.8. The molecule has 3 N–H and O–H groups in total. The van der Waals surface area contributed by atoms with Crippen LogP contribution in [0, 0.1) is 0 Å². The van der Waals surface area contributed by atoms with Gasteiger partial charge in [0, 0.05) is 20.0 Å². The number of fused-ring (bicyclic) bond motifs is 1. The summed E-state index contributed by atoms with van der Waals surface area (Å²) in [5, 5.41) is 11.3. The number of nitrogens with zero attached hydrogens (tertiary/aromatic N) is 3. The predicted octanol–water partition coefficient (Wildman–Crippen LogP) is 0.577. The minimum absolute atomic E-state index is 0.0336. The molecule has 0 unspecified atom stereocenters. The largest absolute Gasteiger partial charge is 0.481 e. The molecule has 0 atom stereocenters. The van der Waals surface area contributed by atoms with Crippen molar-refractivity contribution in [2.75, 3.05) is 23.8 Å². The van der Waals surface area contributed by atoms with Gasteiger partial charge in [0.25, 0.3) is 5.56 Å². The molecule has 2 aromatic rings. The van der Waals surface area contributed by atoms with Gasteiger partial charge in [-0.2, -0.15) is 0 Å². The minimum atomic E-state index is -0.968. The van der Waals surface area contributed by atoms with Gasteiger partial charge in [0.05, 0.1) is 6.42 Å². The van der Waals surface area contributed by atoms with Crippen molar-refractivity contribution in [2.45, 2.75) is 19.8 Å². The number of carboxylic acids is 1. The second-order valence-corrected chi connectivity index (χ2v) is 4.83. The van der Waals surface area contributed by atoms with E-state index in [0.717, 1.165) is 0 Å². The van der Waals surface area contributed by atoms with E-state index in [2.05, 4.69) is 20.3 Å². The SMILES string of the molecule is CCC(=O)N(C)c1ccc2nc(NCCC(=O)O)c(=O)[nH]c2n1. The van der Waals surface area contributed by atoms with Crippen molar-refractivity contribution < 1.29 is 14.7 Å². The van der Waals surface area contributed by atoms with E-state index in [0.29, 0.717) is 17.8 Å². The van der Waals surface area contributed by atoms with Crippen LogP contribution in [0.5, 0.6) is 0 Å². The molecule has 2 aromatic heterocycles. The van der Waals surface area contributed by atoms with Crippen LogP contribution in [0.2, 0.25) is 0 Å². The molecule has 0 fully saturated rings. The molecule has 0 bridgehead atoms. The Bertz CT molecular complexity index is 801. The molecule has 0 saturated carbocycles. The number of carbonyl (C=O) groups is 2. The first-order valence-electron chi connectivity index (χ1n) is 7.05. The van der Waals surface area contributed by atoms with Crippen LogP contribution in [-0.4, -0.2) is 45.5 Å². The van der Waals surface area contributed by atoms with Gasteiger partial charge in [-0.3, -0.25) is 19.3 Å². The van der Waals surface area contributed by atoms with Gasteiger partial charge in [-0.1, -0.05) is 6.92 Å². The first-order chi connectivity index (χ1) is 10.9. The fraction of sp³-hybridized carbons (Fsp3) is 0.357. The number of aromatic nitrogens is 3. The minimum Gasteiger partial charge on any atom is -0.481 e. The van der Waals surface area contributed by atoms with E-state index in [4.69, 9.17) is 5.11 Å². The van der Waals surface area contributed by atoms with Gasteiger partial charge in [0.1, 0.15) is 11.3 Å². The second kappa shape index (κ2) is 6.86. The molecule has 9 heteroatoms. The molecule has 0 spiro atoms. The van der Waals surface area contributed by atoms with Gasteiger partial charge in [-0.05, 0) is 12.1 Å². The highest BCUT2D eigenvalue weighted by Crippen LogP contribution is 2.15. The van der Waals surface area contributed by atoms with Gasteiger partial charge in [-0.15, -0.1) is 0 Å². The summed E-state index contributed by atoms with van der Waals surface area (Å²) in [7, 11) is 1.60. The summed E-state index contributed by atoms with van der Waals surface area (Å²) in [6.07, 6.45) is 0.220. The van der Waals surface area contributed by atoms with Crippen LogP contribution < -0.4 is 15.8 Å². The molecule has 2 heterocycles. The van der Waals surface area contributed by atoms with Gasteiger partial charge in [-0.25, -0.2) is 9.97 Å². The molecule has 0 saturated heterocycles. The third-order valence-corrected chi connectivity index (χ3v) is 3.19. The smallest absolute Gasteiger partial charge is 0.305 e. The normalized spacial score (nSPS) is 10.5. The van der Waals surface area contributed by atoms with Gasteiger partial charge in [0.15, 0.2) is 11.5 Å². The third kappa shape index (κ3) is 3.82. The first kappa shape index (κ1) is 16.4. The standard InChI is InChI=1S/C14H17N5O4/c1-3-10(20)19(2)9-5-4-8-12(17-9)18-14(23)13(16-8)15-7-6-11(21)22/h4-5H,3,6-7H2,1-2H3,(H,15,16)(H,21,22)(H,17,18,23). The Morgan fingerprint density at radius 3 is 2.74 bits per heavy atom. The third-order valence-electron chi connectivity index (χ3n) is 3.19. The van der Waals surface area contributed by atoms with E-state index in [9.17, 15) is 14.4 Å². The van der Waals surface area contributed by atoms with Crippen LogP contribution in [0.3, 0.4) is 0 Å². The molecule has 0 aliphatic carbocycles. The molecule has 1 amide bonds. The van der Waals surface area contributed by atoms with Crippen LogP contribution in [0.25, 0.3) is 11.2 Å². The highest BCUT2D eigenvalue weighted by atomic mass is 16.4. The Hall–Kier alpha value is -2.97. The highest BCUT2D eigenvalue weighted by molar-refractivity contribution is 5.92. The van der Waals surface area contributed by atoms with Crippen molar-refractivity contribution >= 4 is 34.7 Å². The molecule has 9 nitrogen and oxygen atoms in total. The maximum Gasteiger partial charge on any atom is 0.305 e. The van der Waals surface area contributed by atoms with Crippen molar-refractivity contribution in [3.05, 3.63) is 22.5 Å². The molecular formula is C14H17N5O4. The lowest BCUT2D eigenvalue weighted by atomic mass is 10.3. The number of H-pyrrole nitrogens is 1. The number of aliphatic carboxylic acids is 1. The van der Waals surface area contributed by atoms with E-state index in [-0.39, 0.29) is 30.3 Å².